The minimum atomic E-state index is -4.48. The highest BCUT2D eigenvalue weighted by Crippen LogP contribution is 2.29. The van der Waals surface area contributed by atoms with Crippen molar-refractivity contribution in [1.29, 1.82) is 0 Å². The van der Waals surface area contributed by atoms with E-state index < -0.39 is 18.6 Å². The molecule has 1 aliphatic rings. The van der Waals surface area contributed by atoms with E-state index in [1.807, 2.05) is 13.0 Å². The van der Waals surface area contributed by atoms with Crippen molar-refractivity contribution in [3.63, 3.8) is 0 Å². The standard InChI is InChI=1S/C20H23F3N4O3/c1-2-30-17-6-4-3-5-14(17)19(29)27-9-7-13(8-10-27)15-11-16(26-25-15)18(28)24-12-20(21,22)23/h3-6,11,13H,2,7-10,12H2,1H3,(H,24,28)(H,25,26). The first kappa shape index (κ1) is 21.7. The van der Waals surface area contributed by atoms with Gasteiger partial charge < -0.3 is 15.0 Å². The quantitative estimate of drug-likeness (QED) is 0.746. The Morgan fingerprint density at radius 3 is 2.63 bits per heavy atom. The zero-order chi connectivity index (χ0) is 21.7. The SMILES string of the molecule is CCOc1ccccc1C(=O)N1CCC(c2cc(C(=O)NCC(F)(F)F)n[nH]2)CC1. The van der Waals surface area contributed by atoms with Crippen molar-refractivity contribution in [2.24, 2.45) is 0 Å². The number of rotatable bonds is 6. The Bertz CT molecular complexity index is 889. The highest BCUT2D eigenvalue weighted by Gasteiger charge is 2.30. The van der Waals surface area contributed by atoms with E-state index in [1.54, 1.807) is 28.4 Å². The number of hydrogen-bond donors (Lipinski definition) is 2. The summed E-state index contributed by atoms with van der Waals surface area (Å²) in [6, 6.07) is 8.57. The van der Waals surface area contributed by atoms with Crippen LogP contribution in [0, 0.1) is 0 Å². The fourth-order valence-corrected chi connectivity index (χ4v) is 3.42. The Balaban J connectivity index is 1.58. The molecule has 0 saturated carbocycles. The van der Waals surface area contributed by atoms with Gasteiger partial charge in [-0.05, 0) is 38.0 Å². The molecule has 162 valence electrons. The Hall–Kier alpha value is -3.04. The molecular weight excluding hydrogens is 401 g/mol. The molecule has 10 heteroatoms. The normalized spacial score (nSPS) is 15.1. The van der Waals surface area contributed by atoms with Gasteiger partial charge in [-0.1, -0.05) is 12.1 Å². The van der Waals surface area contributed by atoms with Crippen LogP contribution in [0.4, 0.5) is 13.2 Å². The topological polar surface area (TPSA) is 87.3 Å². The van der Waals surface area contributed by atoms with Gasteiger partial charge in [-0.2, -0.15) is 18.3 Å². The minimum absolute atomic E-state index is 0.0350. The number of nitrogens with zero attached hydrogens (tertiary/aromatic N) is 2. The largest absolute Gasteiger partial charge is 0.493 e. The van der Waals surface area contributed by atoms with Crippen LogP contribution in [0.25, 0.3) is 0 Å². The number of H-pyrrole nitrogens is 1. The van der Waals surface area contributed by atoms with Crippen molar-refractivity contribution >= 4 is 11.8 Å². The number of aromatic nitrogens is 2. The summed E-state index contributed by atoms with van der Waals surface area (Å²) in [6.45, 7) is 1.94. The lowest BCUT2D eigenvalue weighted by Gasteiger charge is -2.31. The number of aromatic amines is 1. The Morgan fingerprint density at radius 1 is 1.27 bits per heavy atom. The fourth-order valence-electron chi connectivity index (χ4n) is 3.42. The van der Waals surface area contributed by atoms with Crippen molar-refractivity contribution in [2.45, 2.75) is 31.9 Å². The van der Waals surface area contributed by atoms with Crippen molar-refractivity contribution in [2.75, 3.05) is 26.2 Å². The van der Waals surface area contributed by atoms with Crippen LogP contribution < -0.4 is 10.1 Å². The summed E-state index contributed by atoms with van der Waals surface area (Å²) in [5.41, 5.74) is 1.11. The van der Waals surface area contributed by atoms with Gasteiger partial charge in [0.05, 0.1) is 12.2 Å². The van der Waals surface area contributed by atoms with Crippen LogP contribution >= 0.6 is 0 Å². The summed E-state index contributed by atoms with van der Waals surface area (Å²) in [4.78, 5) is 26.4. The van der Waals surface area contributed by atoms with Gasteiger partial charge in [-0.15, -0.1) is 0 Å². The second kappa shape index (κ2) is 9.19. The first-order chi connectivity index (χ1) is 14.3. The zero-order valence-electron chi connectivity index (χ0n) is 16.5. The number of carbonyl (C=O) groups is 2. The summed E-state index contributed by atoms with van der Waals surface area (Å²) in [6.07, 6.45) is -3.18. The van der Waals surface area contributed by atoms with Crippen LogP contribution in [-0.2, 0) is 0 Å². The van der Waals surface area contributed by atoms with Gasteiger partial charge >= 0.3 is 6.18 Å². The van der Waals surface area contributed by atoms with Crippen LogP contribution in [0.5, 0.6) is 5.75 Å². The molecule has 2 aromatic rings. The van der Waals surface area contributed by atoms with Crippen molar-refractivity contribution in [3.05, 3.63) is 47.3 Å². The Labute approximate surface area is 171 Å². The molecule has 1 saturated heterocycles. The van der Waals surface area contributed by atoms with E-state index in [1.165, 1.54) is 6.07 Å². The first-order valence-electron chi connectivity index (χ1n) is 9.70. The van der Waals surface area contributed by atoms with Gasteiger partial charge in [0.25, 0.3) is 11.8 Å². The fraction of sp³-hybridized carbons (Fsp3) is 0.450. The van der Waals surface area contributed by atoms with E-state index in [2.05, 4.69) is 10.2 Å². The van der Waals surface area contributed by atoms with Gasteiger partial charge in [-0.25, -0.2) is 0 Å². The number of hydrogen-bond acceptors (Lipinski definition) is 4. The number of benzene rings is 1. The Morgan fingerprint density at radius 2 is 1.97 bits per heavy atom. The van der Waals surface area contributed by atoms with Crippen LogP contribution in [0.3, 0.4) is 0 Å². The lowest BCUT2D eigenvalue weighted by atomic mass is 9.93. The predicted molar refractivity (Wildman–Crippen MR) is 102 cm³/mol. The molecule has 1 aromatic heterocycles. The third kappa shape index (κ3) is 5.31. The molecule has 2 amide bonds. The molecule has 2 N–H and O–H groups in total. The van der Waals surface area contributed by atoms with Crippen molar-refractivity contribution < 1.29 is 27.5 Å². The molecular formula is C20H23F3N4O3. The number of carbonyl (C=O) groups excluding carboxylic acids is 2. The maximum Gasteiger partial charge on any atom is 0.405 e. The molecule has 1 aliphatic heterocycles. The van der Waals surface area contributed by atoms with Gasteiger partial charge in [-0.3, -0.25) is 14.7 Å². The summed E-state index contributed by atoms with van der Waals surface area (Å²) in [7, 11) is 0. The summed E-state index contributed by atoms with van der Waals surface area (Å²) in [5.74, 6) is -0.396. The number of ether oxygens (including phenoxy) is 1. The van der Waals surface area contributed by atoms with Crippen LogP contribution in [0.1, 0.15) is 52.2 Å². The number of nitrogens with one attached hydrogen (secondary N) is 2. The maximum atomic E-state index is 12.9. The number of para-hydroxylation sites is 1. The van der Waals surface area contributed by atoms with E-state index >= 15 is 0 Å². The maximum absolute atomic E-state index is 12.9. The molecule has 0 radical (unpaired) electrons. The number of halogens is 3. The van der Waals surface area contributed by atoms with Gasteiger partial charge in [0, 0.05) is 24.7 Å². The molecule has 30 heavy (non-hydrogen) atoms. The van der Waals surface area contributed by atoms with E-state index in [-0.39, 0.29) is 17.5 Å². The second-order valence-corrected chi connectivity index (χ2v) is 7.00. The monoisotopic (exact) mass is 424 g/mol. The molecule has 0 spiro atoms. The number of likely N-dealkylation sites (tertiary alicyclic amines) is 1. The van der Waals surface area contributed by atoms with E-state index in [9.17, 15) is 22.8 Å². The van der Waals surface area contributed by atoms with Gasteiger partial charge in [0.1, 0.15) is 18.0 Å². The molecule has 0 bridgehead atoms. The van der Waals surface area contributed by atoms with Crippen molar-refractivity contribution in [3.8, 4) is 5.75 Å². The van der Waals surface area contributed by atoms with Gasteiger partial charge in [0.2, 0.25) is 0 Å². The molecule has 7 nitrogen and oxygen atoms in total. The van der Waals surface area contributed by atoms with E-state index in [0.29, 0.717) is 49.5 Å². The van der Waals surface area contributed by atoms with Crippen LogP contribution in [0.15, 0.2) is 30.3 Å². The smallest absolute Gasteiger partial charge is 0.405 e. The average Bonchev–Trinajstić information content (AvgIpc) is 3.22. The number of amides is 2. The van der Waals surface area contributed by atoms with Crippen molar-refractivity contribution in [1.82, 2.24) is 20.4 Å². The third-order valence-corrected chi connectivity index (χ3v) is 4.92. The van der Waals surface area contributed by atoms with E-state index in [4.69, 9.17) is 4.74 Å². The van der Waals surface area contributed by atoms with E-state index in [0.717, 1.165) is 0 Å². The predicted octanol–water partition coefficient (Wildman–Crippen LogP) is 3.12. The molecule has 1 fully saturated rings. The Kier molecular flexibility index (Phi) is 6.63. The molecule has 0 atom stereocenters. The minimum Gasteiger partial charge on any atom is -0.493 e. The third-order valence-electron chi connectivity index (χ3n) is 4.92. The summed E-state index contributed by atoms with van der Waals surface area (Å²) >= 11 is 0. The molecule has 3 rings (SSSR count). The van der Waals surface area contributed by atoms with Crippen LogP contribution in [-0.4, -0.2) is 59.3 Å². The average molecular weight is 424 g/mol. The molecule has 0 aliphatic carbocycles. The summed E-state index contributed by atoms with van der Waals surface area (Å²) in [5, 5.41) is 8.36. The number of piperidine rings is 1. The van der Waals surface area contributed by atoms with Gasteiger partial charge in [0.15, 0.2) is 0 Å². The number of alkyl halides is 3. The van der Waals surface area contributed by atoms with Crippen LogP contribution in [0.2, 0.25) is 0 Å². The zero-order valence-corrected chi connectivity index (χ0v) is 16.5. The first-order valence-corrected chi connectivity index (χ1v) is 9.70. The summed E-state index contributed by atoms with van der Waals surface area (Å²) < 4.78 is 42.2. The highest BCUT2D eigenvalue weighted by molar-refractivity contribution is 5.97. The lowest BCUT2D eigenvalue weighted by molar-refractivity contribution is -0.123. The molecule has 1 aromatic carbocycles. The lowest BCUT2D eigenvalue weighted by Crippen LogP contribution is -2.38. The molecule has 2 heterocycles. The molecule has 0 unspecified atom stereocenters. The highest BCUT2D eigenvalue weighted by atomic mass is 19.4. The second-order valence-electron chi connectivity index (χ2n) is 7.00.